The van der Waals surface area contributed by atoms with Crippen molar-refractivity contribution in [2.75, 3.05) is 11.9 Å². The van der Waals surface area contributed by atoms with Crippen molar-refractivity contribution in [1.82, 2.24) is 5.32 Å². The van der Waals surface area contributed by atoms with Gasteiger partial charge in [-0.2, -0.15) is 0 Å². The number of nitrogens with one attached hydrogen (secondary N) is 2. The lowest BCUT2D eigenvalue weighted by molar-refractivity contribution is 0.160. The van der Waals surface area contributed by atoms with Crippen molar-refractivity contribution in [2.45, 2.75) is 25.9 Å². The van der Waals surface area contributed by atoms with Crippen LogP contribution in [0.2, 0.25) is 0 Å². The van der Waals surface area contributed by atoms with Gasteiger partial charge in [-0.05, 0) is 24.3 Å². The van der Waals surface area contributed by atoms with E-state index in [4.69, 9.17) is 0 Å². The van der Waals surface area contributed by atoms with Gasteiger partial charge in [-0.1, -0.05) is 43.3 Å². The van der Waals surface area contributed by atoms with Gasteiger partial charge in [0.25, 0.3) is 0 Å². The summed E-state index contributed by atoms with van der Waals surface area (Å²) in [4.78, 5) is 11.8. The maximum absolute atomic E-state index is 11.8. The molecule has 3 N–H and O–H groups in total. The second-order valence-electron chi connectivity index (χ2n) is 4.76. The molecule has 20 heavy (non-hydrogen) atoms. The Morgan fingerprint density at radius 2 is 1.95 bits per heavy atom. The molecule has 0 fully saturated rings. The number of benzene rings is 2. The van der Waals surface area contributed by atoms with Gasteiger partial charge in [0, 0.05) is 11.9 Å². The van der Waals surface area contributed by atoms with Crippen LogP contribution in [0.1, 0.15) is 19.8 Å². The molecule has 0 radical (unpaired) electrons. The van der Waals surface area contributed by atoms with E-state index in [1.54, 1.807) is 0 Å². The third-order valence-corrected chi connectivity index (χ3v) is 3.27. The van der Waals surface area contributed by atoms with Crippen LogP contribution in [0, 0.1) is 0 Å². The van der Waals surface area contributed by atoms with Gasteiger partial charge in [0.05, 0.1) is 11.8 Å². The van der Waals surface area contributed by atoms with Gasteiger partial charge >= 0.3 is 6.03 Å². The third-order valence-electron chi connectivity index (χ3n) is 3.27. The Labute approximate surface area is 118 Å². The first kappa shape index (κ1) is 14.3. The summed E-state index contributed by atoms with van der Waals surface area (Å²) in [5, 5.41) is 17.1. The maximum atomic E-state index is 11.8. The Hall–Kier alpha value is -2.07. The lowest BCUT2D eigenvalue weighted by Crippen LogP contribution is -2.31. The van der Waals surface area contributed by atoms with E-state index in [2.05, 4.69) is 10.6 Å². The molecule has 0 aliphatic heterocycles. The Balaban J connectivity index is 1.96. The zero-order chi connectivity index (χ0) is 14.4. The average molecular weight is 272 g/mol. The van der Waals surface area contributed by atoms with Gasteiger partial charge in [0.1, 0.15) is 0 Å². The molecule has 4 nitrogen and oxygen atoms in total. The van der Waals surface area contributed by atoms with E-state index < -0.39 is 0 Å². The lowest BCUT2D eigenvalue weighted by Gasteiger charge is -2.11. The van der Waals surface area contributed by atoms with Crippen LogP contribution in [-0.2, 0) is 0 Å². The number of hydrogen-bond acceptors (Lipinski definition) is 2. The van der Waals surface area contributed by atoms with Crippen LogP contribution in [0.3, 0.4) is 0 Å². The molecule has 2 aromatic carbocycles. The molecular formula is C16H20N2O2. The standard InChI is InChI=1S/C16H20N2O2/c1-2-13(19)10-11-17-16(20)18-15-9-5-7-12-6-3-4-8-14(12)15/h3-9,13,19H,2,10-11H2,1H3,(H2,17,18,20). The van der Waals surface area contributed by atoms with Crippen LogP contribution in [0.25, 0.3) is 10.8 Å². The number of rotatable bonds is 5. The highest BCUT2D eigenvalue weighted by Crippen LogP contribution is 2.22. The van der Waals surface area contributed by atoms with Gasteiger partial charge in [-0.25, -0.2) is 4.79 Å². The second-order valence-corrected chi connectivity index (χ2v) is 4.76. The minimum absolute atomic E-state index is 0.246. The number of hydrogen-bond donors (Lipinski definition) is 3. The lowest BCUT2D eigenvalue weighted by atomic mass is 10.1. The first-order valence-corrected chi connectivity index (χ1v) is 6.91. The van der Waals surface area contributed by atoms with Gasteiger partial charge in [-0.15, -0.1) is 0 Å². The largest absolute Gasteiger partial charge is 0.393 e. The van der Waals surface area contributed by atoms with Gasteiger partial charge in [0.2, 0.25) is 0 Å². The number of fused-ring (bicyclic) bond motifs is 1. The minimum atomic E-state index is -0.354. The van der Waals surface area contributed by atoms with Crippen LogP contribution in [0.4, 0.5) is 10.5 Å². The fourth-order valence-electron chi connectivity index (χ4n) is 2.06. The van der Waals surface area contributed by atoms with Crippen LogP contribution >= 0.6 is 0 Å². The minimum Gasteiger partial charge on any atom is -0.393 e. The normalized spacial score (nSPS) is 12.1. The summed E-state index contributed by atoms with van der Waals surface area (Å²) >= 11 is 0. The van der Waals surface area contributed by atoms with Gasteiger partial charge < -0.3 is 15.7 Å². The van der Waals surface area contributed by atoms with Crippen molar-refractivity contribution in [3.05, 3.63) is 42.5 Å². The Bertz CT molecular complexity index is 578. The highest BCUT2D eigenvalue weighted by molar-refractivity contribution is 6.01. The van der Waals surface area contributed by atoms with Crippen molar-refractivity contribution in [3.8, 4) is 0 Å². The maximum Gasteiger partial charge on any atom is 0.319 e. The first-order chi connectivity index (χ1) is 9.70. The van der Waals surface area contributed by atoms with Crippen LogP contribution < -0.4 is 10.6 Å². The molecule has 0 bridgehead atoms. The molecule has 0 saturated heterocycles. The third kappa shape index (κ3) is 3.71. The number of urea groups is 1. The highest BCUT2D eigenvalue weighted by Gasteiger charge is 2.06. The predicted octanol–water partition coefficient (Wildman–Crippen LogP) is 3.12. The SMILES string of the molecule is CCC(O)CCNC(=O)Nc1cccc2ccccc12. The van der Waals surface area contributed by atoms with Crippen molar-refractivity contribution in [3.63, 3.8) is 0 Å². The number of amides is 2. The van der Waals surface area contributed by atoms with E-state index in [-0.39, 0.29) is 12.1 Å². The molecule has 0 aliphatic carbocycles. The van der Waals surface area contributed by atoms with Crippen molar-refractivity contribution in [1.29, 1.82) is 0 Å². The van der Waals surface area contributed by atoms with Crippen LogP contribution in [0.5, 0.6) is 0 Å². The fraction of sp³-hybridized carbons (Fsp3) is 0.312. The summed E-state index contributed by atoms with van der Waals surface area (Å²) in [5.41, 5.74) is 0.789. The molecule has 2 rings (SSSR count). The average Bonchev–Trinajstić information content (AvgIpc) is 2.47. The summed E-state index contributed by atoms with van der Waals surface area (Å²) in [5.74, 6) is 0. The molecule has 2 amide bonds. The molecule has 1 atom stereocenters. The first-order valence-electron chi connectivity index (χ1n) is 6.91. The summed E-state index contributed by atoms with van der Waals surface area (Å²) < 4.78 is 0. The van der Waals surface area contributed by atoms with Crippen molar-refractivity contribution in [2.24, 2.45) is 0 Å². The molecule has 0 spiro atoms. The van der Waals surface area contributed by atoms with Crippen LogP contribution in [-0.4, -0.2) is 23.8 Å². The fourth-order valence-corrected chi connectivity index (χ4v) is 2.06. The van der Waals surface area contributed by atoms with E-state index in [1.807, 2.05) is 49.4 Å². The summed E-state index contributed by atoms with van der Waals surface area (Å²) in [6.07, 6.45) is 0.916. The van der Waals surface area contributed by atoms with Gasteiger partial charge in [-0.3, -0.25) is 0 Å². The number of anilines is 1. The van der Waals surface area contributed by atoms with Crippen LogP contribution in [0.15, 0.2) is 42.5 Å². The number of aliphatic hydroxyl groups is 1. The van der Waals surface area contributed by atoms with E-state index in [9.17, 15) is 9.90 Å². The number of carbonyl (C=O) groups excluding carboxylic acids is 1. The van der Waals surface area contributed by atoms with E-state index in [0.717, 1.165) is 16.5 Å². The zero-order valence-corrected chi connectivity index (χ0v) is 11.6. The summed E-state index contributed by atoms with van der Waals surface area (Å²) in [6, 6.07) is 13.5. The highest BCUT2D eigenvalue weighted by atomic mass is 16.3. The zero-order valence-electron chi connectivity index (χ0n) is 11.6. The molecule has 1 unspecified atom stereocenters. The van der Waals surface area contributed by atoms with Crippen molar-refractivity contribution >= 4 is 22.5 Å². The molecule has 2 aromatic rings. The molecule has 0 saturated carbocycles. The summed E-state index contributed by atoms with van der Waals surface area (Å²) in [7, 11) is 0. The topological polar surface area (TPSA) is 61.4 Å². The Morgan fingerprint density at radius 1 is 1.20 bits per heavy atom. The number of aliphatic hydroxyl groups excluding tert-OH is 1. The summed E-state index contributed by atoms with van der Waals surface area (Å²) in [6.45, 7) is 2.38. The van der Waals surface area contributed by atoms with E-state index >= 15 is 0 Å². The Morgan fingerprint density at radius 3 is 2.75 bits per heavy atom. The molecule has 0 aliphatic rings. The molecule has 0 aromatic heterocycles. The molecule has 0 heterocycles. The molecular weight excluding hydrogens is 252 g/mol. The Kier molecular flexibility index (Phi) is 4.96. The molecule has 106 valence electrons. The van der Waals surface area contributed by atoms with E-state index in [0.29, 0.717) is 19.4 Å². The van der Waals surface area contributed by atoms with Crippen molar-refractivity contribution < 1.29 is 9.90 Å². The smallest absolute Gasteiger partial charge is 0.319 e. The molecule has 4 heteroatoms. The number of carbonyl (C=O) groups is 1. The monoisotopic (exact) mass is 272 g/mol. The quantitative estimate of drug-likeness (QED) is 0.783. The second kappa shape index (κ2) is 6.91. The van der Waals surface area contributed by atoms with E-state index in [1.165, 1.54) is 0 Å². The van der Waals surface area contributed by atoms with Gasteiger partial charge in [0.15, 0.2) is 0 Å². The predicted molar refractivity (Wildman–Crippen MR) is 81.9 cm³/mol.